The van der Waals surface area contributed by atoms with Crippen molar-refractivity contribution in [1.29, 1.82) is 0 Å². The number of hydrogen-bond acceptors (Lipinski definition) is 5. The van der Waals surface area contributed by atoms with E-state index in [1.54, 1.807) is 0 Å². The Labute approximate surface area is 125 Å². The Morgan fingerprint density at radius 2 is 2.40 bits per heavy atom. The first-order chi connectivity index (χ1) is 9.56. The lowest BCUT2D eigenvalue weighted by Gasteiger charge is -2.30. The van der Waals surface area contributed by atoms with Gasteiger partial charge in [0.05, 0.1) is 5.01 Å². The van der Waals surface area contributed by atoms with Crippen LogP contribution in [0.3, 0.4) is 0 Å². The molecule has 2 amide bonds. The summed E-state index contributed by atoms with van der Waals surface area (Å²) in [6.45, 7) is 4.15. The van der Waals surface area contributed by atoms with E-state index in [1.807, 2.05) is 16.7 Å². The van der Waals surface area contributed by atoms with Crippen molar-refractivity contribution in [3.05, 3.63) is 16.1 Å². The Morgan fingerprint density at radius 3 is 3.05 bits per heavy atom. The molecule has 0 saturated carbocycles. The lowest BCUT2D eigenvalue weighted by molar-refractivity contribution is 0.0691. The maximum atomic E-state index is 11.9. The Hall–Kier alpha value is -1.28. The minimum Gasteiger partial charge on any atom is -0.476 e. The normalized spacial score (nSPS) is 18.9. The number of carbonyl (C=O) groups excluding carboxylic acids is 1. The average molecular weight is 315 g/mol. The summed E-state index contributed by atoms with van der Waals surface area (Å²) in [5, 5.41) is 14.4. The van der Waals surface area contributed by atoms with Gasteiger partial charge in [-0.1, -0.05) is 6.92 Å². The number of urea groups is 1. The molecule has 110 valence electrons. The van der Waals surface area contributed by atoms with Gasteiger partial charge in [-0.15, -0.1) is 11.3 Å². The molecule has 2 rings (SSSR count). The third-order valence-electron chi connectivity index (χ3n) is 2.91. The van der Waals surface area contributed by atoms with Crippen molar-refractivity contribution in [2.75, 3.05) is 25.4 Å². The first kappa shape index (κ1) is 15.1. The number of aromatic carboxylic acids is 1. The second kappa shape index (κ2) is 6.94. The highest BCUT2D eigenvalue weighted by Gasteiger charge is 2.20. The van der Waals surface area contributed by atoms with E-state index in [-0.39, 0.29) is 11.7 Å². The van der Waals surface area contributed by atoms with Crippen LogP contribution < -0.4 is 5.32 Å². The molecule has 2 N–H and O–H groups in total. The lowest BCUT2D eigenvalue weighted by Crippen LogP contribution is -2.46. The van der Waals surface area contributed by atoms with Crippen LogP contribution >= 0.6 is 23.1 Å². The Kier molecular flexibility index (Phi) is 5.24. The molecule has 1 aliphatic rings. The van der Waals surface area contributed by atoms with Crippen molar-refractivity contribution >= 4 is 35.1 Å². The van der Waals surface area contributed by atoms with Gasteiger partial charge in [-0.05, 0) is 0 Å². The maximum absolute atomic E-state index is 11.9. The molecule has 20 heavy (non-hydrogen) atoms. The molecule has 8 heteroatoms. The standard InChI is InChI=1S/C12H17N3O3S2/c1-8-6-15(4-5-19-8)12(18)13-3-2-10-14-9(7-20-10)11(16)17/h7-8H,2-6H2,1H3,(H,13,18)(H,16,17). The van der Waals surface area contributed by atoms with E-state index in [4.69, 9.17) is 5.11 Å². The number of thiazole rings is 1. The number of thioether (sulfide) groups is 1. The van der Waals surface area contributed by atoms with E-state index in [0.29, 0.717) is 18.2 Å². The van der Waals surface area contributed by atoms with Crippen LogP contribution in [0.15, 0.2) is 5.38 Å². The van der Waals surface area contributed by atoms with Crippen molar-refractivity contribution in [2.45, 2.75) is 18.6 Å². The number of carbonyl (C=O) groups is 2. The van der Waals surface area contributed by atoms with Crippen LogP contribution in [0.2, 0.25) is 0 Å². The molecule has 1 saturated heterocycles. The Bertz CT molecular complexity index is 492. The molecule has 0 spiro atoms. The van der Waals surface area contributed by atoms with Crippen LogP contribution in [0.1, 0.15) is 22.4 Å². The minimum atomic E-state index is -1.02. The average Bonchev–Trinajstić information content (AvgIpc) is 2.87. The molecule has 1 aliphatic heterocycles. The number of nitrogens with one attached hydrogen (secondary N) is 1. The van der Waals surface area contributed by atoms with Crippen LogP contribution in [-0.2, 0) is 6.42 Å². The molecule has 0 radical (unpaired) electrons. The molecule has 0 bridgehead atoms. The topological polar surface area (TPSA) is 82.5 Å². The molecule has 1 aromatic heterocycles. The third kappa shape index (κ3) is 4.11. The van der Waals surface area contributed by atoms with E-state index in [2.05, 4.69) is 17.2 Å². The monoisotopic (exact) mass is 315 g/mol. The Balaban J connectivity index is 1.74. The molecular weight excluding hydrogens is 298 g/mol. The highest BCUT2D eigenvalue weighted by molar-refractivity contribution is 7.99. The van der Waals surface area contributed by atoms with Gasteiger partial charge in [0.2, 0.25) is 0 Å². The van der Waals surface area contributed by atoms with E-state index in [0.717, 1.165) is 23.8 Å². The van der Waals surface area contributed by atoms with E-state index in [9.17, 15) is 9.59 Å². The summed E-state index contributed by atoms with van der Waals surface area (Å²) in [5.41, 5.74) is 0.0678. The van der Waals surface area contributed by atoms with Crippen molar-refractivity contribution in [3.8, 4) is 0 Å². The molecule has 0 aliphatic carbocycles. The number of amides is 2. The summed E-state index contributed by atoms with van der Waals surface area (Å²) >= 11 is 3.19. The summed E-state index contributed by atoms with van der Waals surface area (Å²) < 4.78 is 0. The maximum Gasteiger partial charge on any atom is 0.355 e. The lowest BCUT2D eigenvalue weighted by atomic mass is 10.4. The quantitative estimate of drug-likeness (QED) is 0.880. The van der Waals surface area contributed by atoms with Gasteiger partial charge in [0.25, 0.3) is 0 Å². The molecule has 6 nitrogen and oxygen atoms in total. The molecule has 1 aromatic rings. The predicted octanol–water partition coefficient (Wildman–Crippen LogP) is 1.53. The minimum absolute atomic E-state index is 0.0489. The van der Waals surface area contributed by atoms with Gasteiger partial charge in [0.1, 0.15) is 0 Å². The van der Waals surface area contributed by atoms with Crippen molar-refractivity contribution < 1.29 is 14.7 Å². The van der Waals surface area contributed by atoms with Crippen LogP contribution in [0.25, 0.3) is 0 Å². The first-order valence-electron chi connectivity index (χ1n) is 6.38. The zero-order valence-corrected chi connectivity index (χ0v) is 12.8. The summed E-state index contributed by atoms with van der Waals surface area (Å²) in [5.74, 6) is -0.0420. The fraction of sp³-hybridized carbons (Fsp3) is 0.583. The smallest absolute Gasteiger partial charge is 0.355 e. The zero-order chi connectivity index (χ0) is 14.5. The second-order valence-electron chi connectivity index (χ2n) is 4.54. The first-order valence-corrected chi connectivity index (χ1v) is 8.31. The fourth-order valence-electron chi connectivity index (χ4n) is 1.92. The van der Waals surface area contributed by atoms with Gasteiger partial charge in [-0.25, -0.2) is 14.6 Å². The highest BCUT2D eigenvalue weighted by Crippen LogP contribution is 2.17. The summed E-state index contributed by atoms with van der Waals surface area (Å²) in [6, 6.07) is -0.0489. The molecule has 1 fully saturated rings. The summed E-state index contributed by atoms with van der Waals surface area (Å²) in [6.07, 6.45) is 0.557. The van der Waals surface area contributed by atoms with Crippen molar-refractivity contribution in [2.24, 2.45) is 0 Å². The van der Waals surface area contributed by atoms with E-state index < -0.39 is 5.97 Å². The highest BCUT2D eigenvalue weighted by atomic mass is 32.2. The second-order valence-corrected chi connectivity index (χ2v) is 7.03. The van der Waals surface area contributed by atoms with Crippen LogP contribution in [-0.4, -0.2) is 57.6 Å². The van der Waals surface area contributed by atoms with Gasteiger partial charge in [-0.3, -0.25) is 0 Å². The van der Waals surface area contributed by atoms with Crippen LogP contribution in [0.5, 0.6) is 0 Å². The number of nitrogens with zero attached hydrogens (tertiary/aromatic N) is 2. The summed E-state index contributed by atoms with van der Waals surface area (Å²) in [7, 11) is 0. The molecule has 0 aromatic carbocycles. The fourth-order valence-corrected chi connectivity index (χ4v) is 3.70. The van der Waals surface area contributed by atoms with Gasteiger partial charge in [0, 0.05) is 42.4 Å². The van der Waals surface area contributed by atoms with Gasteiger partial charge in [0.15, 0.2) is 5.69 Å². The number of rotatable bonds is 4. The van der Waals surface area contributed by atoms with Gasteiger partial charge < -0.3 is 15.3 Å². The van der Waals surface area contributed by atoms with E-state index >= 15 is 0 Å². The number of hydrogen-bond donors (Lipinski definition) is 2. The van der Waals surface area contributed by atoms with Gasteiger partial charge >= 0.3 is 12.0 Å². The number of aromatic nitrogens is 1. The molecule has 2 heterocycles. The van der Waals surface area contributed by atoms with Crippen LogP contribution in [0.4, 0.5) is 4.79 Å². The van der Waals surface area contributed by atoms with Crippen molar-refractivity contribution in [3.63, 3.8) is 0 Å². The van der Waals surface area contributed by atoms with Crippen molar-refractivity contribution in [1.82, 2.24) is 15.2 Å². The largest absolute Gasteiger partial charge is 0.476 e. The zero-order valence-electron chi connectivity index (χ0n) is 11.2. The predicted molar refractivity (Wildman–Crippen MR) is 79.7 cm³/mol. The van der Waals surface area contributed by atoms with Gasteiger partial charge in [-0.2, -0.15) is 11.8 Å². The Morgan fingerprint density at radius 1 is 1.60 bits per heavy atom. The number of carboxylic acids is 1. The van der Waals surface area contributed by atoms with E-state index in [1.165, 1.54) is 16.7 Å². The SMILES string of the molecule is CC1CN(C(=O)NCCc2nc(C(=O)O)cs2)CCS1. The molecular formula is C12H17N3O3S2. The number of carboxylic acid groups (broad SMARTS) is 1. The third-order valence-corrected chi connectivity index (χ3v) is 4.96. The molecule has 1 unspecified atom stereocenters. The van der Waals surface area contributed by atoms with Crippen LogP contribution in [0, 0.1) is 0 Å². The summed E-state index contributed by atoms with van der Waals surface area (Å²) in [4.78, 5) is 28.4. The molecule has 1 atom stereocenters.